The molecule has 2 heterocycles. The van der Waals surface area contributed by atoms with Gasteiger partial charge in [0.2, 0.25) is 0 Å². The second-order valence-corrected chi connectivity index (χ2v) is 9.70. The summed E-state index contributed by atoms with van der Waals surface area (Å²) in [7, 11) is 3.95. The Labute approximate surface area is 194 Å². The van der Waals surface area contributed by atoms with Crippen molar-refractivity contribution in [2.24, 2.45) is 0 Å². The summed E-state index contributed by atoms with van der Waals surface area (Å²) in [5.74, 6) is 2.60. The molecule has 1 aromatic carbocycles. The van der Waals surface area contributed by atoms with Gasteiger partial charge in [-0.25, -0.2) is 14.8 Å². The number of carbonyl (C=O) groups is 1. The lowest BCUT2D eigenvalue weighted by Gasteiger charge is -2.28. The Hall–Kier alpha value is -2.36. The van der Waals surface area contributed by atoms with Crippen molar-refractivity contribution in [1.82, 2.24) is 20.2 Å². The molecule has 0 radical (unpaired) electrons. The van der Waals surface area contributed by atoms with Crippen molar-refractivity contribution in [3.63, 3.8) is 0 Å². The van der Waals surface area contributed by atoms with Crippen LogP contribution in [0.15, 0.2) is 30.3 Å². The first-order valence-corrected chi connectivity index (χ1v) is 12.2. The maximum Gasteiger partial charge on any atom is 0.319 e. The fourth-order valence-corrected chi connectivity index (χ4v) is 4.37. The van der Waals surface area contributed by atoms with Crippen LogP contribution in [0.4, 0.5) is 16.3 Å². The zero-order chi connectivity index (χ0) is 22.3. The van der Waals surface area contributed by atoms with Gasteiger partial charge in [-0.15, -0.1) is 0 Å². The van der Waals surface area contributed by atoms with Gasteiger partial charge >= 0.3 is 6.03 Å². The highest BCUT2D eigenvalue weighted by atomic mass is 32.2. The van der Waals surface area contributed by atoms with Crippen LogP contribution in [-0.4, -0.2) is 79.6 Å². The molecule has 4 rings (SSSR count). The lowest BCUT2D eigenvalue weighted by Crippen LogP contribution is -2.37. The van der Waals surface area contributed by atoms with Gasteiger partial charge in [0.05, 0.1) is 18.9 Å². The Bertz CT molecular complexity index is 898. The summed E-state index contributed by atoms with van der Waals surface area (Å²) in [4.78, 5) is 26.1. The Kier molecular flexibility index (Phi) is 7.83. The molecular formula is C23H32N6O2S. The van der Waals surface area contributed by atoms with Gasteiger partial charge in [0.25, 0.3) is 0 Å². The molecule has 1 saturated heterocycles. The highest BCUT2D eigenvalue weighted by molar-refractivity contribution is 7.99. The lowest BCUT2D eigenvalue weighted by molar-refractivity contribution is 0.122. The number of anilines is 2. The third-order valence-electron chi connectivity index (χ3n) is 5.34. The number of likely N-dealkylation sites (N-methyl/N-ethyl adjacent to an activating group) is 1. The topological polar surface area (TPSA) is 82.6 Å². The van der Waals surface area contributed by atoms with Crippen LogP contribution >= 0.6 is 11.8 Å². The number of amides is 2. The average molecular weight is 457 g/mol. The van der Waals surface area contributed by atoms with Crippen LogP contribution in [0.1, 0.15) is 18.5 Å². The third kappa shape index (κ3) is 6.82. The number of morpholine rings is 1. The van der Waals surface area contributed by atoms with E-state index in [1.54, 1.807) is 0 Å². The molecule has 1 aromatic heterocycles. The number of carbonyl (C=O) groups excluding carboxylic acids is 1. The first-order chi connectivity index (χ1) is 15.6. The van der Waals surface area contributed by atoms with E-state index in [1.807, 2.05) is 55.0 Å². The number of aromatic nitrogens is 2. The van der Waals surface area contributed by atoms with Crippen molar-refractivity contribution in [1.29, 1.82) is 0 Å². The van der Waals surface area contributed by atoms with Crippen LogP contribution in [0.25, 0.3) is 11.4 Å². The molecule has 0 bridgehead atoms. The summed E-state index contributed by atoms with van der Waals surface area (Å²) in [5, 5.41) is 6.51. The smallest absolute Gasteiger partial charge is 0.319 e. The summed E-state index contributed by atoms with van der Waals surface area (Å²) in [5.41, 5.74) is 2.75. The van der Waals surface area contributed by atoms with Crippen LogP contribution in [0.5, 0.6) is 0 Å². The highest BCUT2D eigenvalue weighted by Gasteiger charge is 2.22. The first-order valence-electron chi connectivity index (χ1n) is 11.2. The number of nitrogens with one attached hydrogen (secondary N) is 2. The van der Waals surface area contributed by atoms with Crippen molar-refractivity contribution in [3.05, 3.63) is 36.0 Å². The Morgan fingerprint density at radius 1 is 1.19 bits per heavy atom. The molecule has 2 aromatic rings. The number of ether oxygens (including phenoxy) is 1. The molecule has 2 fully saturated rings. The number of hydrogen-bond acceptors (Lipinski definition) is 7. The molecular weight excluding hydrogens is 424 g/mol. The molecule has 32 heavy (non-hydrogen) atoms. The Morgan fingerprint density at radius 2 is 1.94 bits per heavy atom. The van der Waals surface area contributed by atoms with Gasteiger partial charge in [-0.1, -0.05) is 0 Å². The van der Waals surface area contributed by atoms with Crippen LogP contribution < -0.4 is 15.5 Å². The van der Waals surface area contributed by atoms with Gasteiger partial charge in [0, 0.05) is 54.5 Å². The molecule has 8 nitrogen and oxygen atoms in total. The number of thioether (sulfide) groups is 1. The van der Waals surface area contributed by atoms with Crippen molar-refractivity contribution in [3.8, 4) is 11.4 Å². The van der Waals surface area contributed by atoms with E-state index in [-0.39, 0.29) is 6.03 Å². The summed E-state index contributed by atoms with van der Waals surface area (Å²) in [6, 6.07) is 9.63. The standard InChI is InChI=1S/C23H32N6O2S/c1-28(2)10-9-24-23(30)26-18-5-3-17(4-6-18)22-25-19(16-32-20-7-8-20)15-21(27-22)29-11-13-31-14-12-29/h3-6,15,20H,7-14,16H2,1-2H3,(H2,24,26,30). The number of urea groups is 1. The molecule has 0 spiro atoms. The molecule has 2 aliphatic rings. The largest absolute Gasteiger partial charge is 0.378 e. The van der Waals surface area contributed by atoms with Crippen LogP contribution in [0.2, 0.25) is 0 Å². The summed E-state index contributed by atoms with van der Waals surface area (Å²) in [6.45, 7) is 4.53. The maximum absolute atomic E-state index is 12.1. The van der Waals surface area contributed by atoms with Crippen molar-refractivity contribution in [2.45, 2.75) is 23.8 Å². The lowest BCUT2D eigenvalue weighted by atomic mass is 10.2. The second-order valence-electron chi connectivity index (χ2n) is 8.41. The van der Waals surface area contributed by atoms with Gasteiger partial charge < -0.3 is 25.2 Å². The van der Waals surface area contributed by atoms with E-state index in [1.165, 1.54) is 12.8 Å². The molecule has 172 valence electrons. The van der Waals surface area contributed by atoms with E-state index in [4.69, 9.17) is 14.7 Å². The quantitative estimate of drug-likeness (QED) is 0.600. The third-order valence-corrected chi connectivity index (χ3v) is 6.74. The minimum absolute atomic E-state index is 0.204. The second kappa shape index (κ2) is 11.0. The maximum atomic E-state index is 12.1. The highest BCUT2D eigenvalue weighted by Crippen LogP contribution is 2.36. The molecule has 1 saturated carbocycles. The van der Waals surface area contributed by atoms with Gasteiger partial charge in [0.1, 0.15) is 5.82 Å². The molecule has 0 unspecified atom stereocenters. The van der Waals surface area contributed by atoms with Crippen molar-refractivity contribution >= 4 is 29.3 Å². The minimum atomic E-state index is -0.204. The molecule has 2 amide bonds. The van der Waals surface area contributed by atoms with E-state index in [0.29, 0.717) is 6.54 Å². The number of hydrogen-bond donors (Lipinski definition) is 2. The first kappa shape index (κ1) is 22.8. The summed E-state index contributed by atoms with van der Waals surface area (Å²) >= 11 is 1.98. The Morgan fingerprint density at radius 3 is 2.62 bits per heavy atom. The van der Waals surface area contributed by atoms with E-state index < -0.39 is 0 Å². The fraction of sp³-hybridized carbons (Fsp3) is 0.522. The van der Waals surface area contributed by atoms with E-state index in [9.17, 15) is 4.79 Å². The zero-order valence-corrected chi connectivity index (χ0v) is 19.7. The zero-order valence-electron chi connectivity index (χ0n) is 18.8. The summed E-state index contributed by atoms with van der Waals surface area (Å²) in [6.07, 6.45) is 2.63. The minimum Gasteiger partial charge on any atom is -0.378 e. The monoisotopic (exact) mass is 456 g/mol. The van der Waals surface area contributed by atoms with Crippen LogP contribution in [-0.2, 0) is 10.5 Å². The predicted octanol–water partition coefficient (Wildman–Crippen LogP) is 3.06. The number of benzene rings is 1. The van der Waals surface area contributed by atoms with Crippen molar-refractivity contribution < 1.29 is 9.53 Å². The normalized spacial score (nSPS) is 16.3. The number of rotatable bonds is 9. The average Bonchev–Trinajstić information content (AvgIpc) is 3.63. The molecule has 9 heteroatoms. The van der Waals surface area contributed by atoms with E-state index in [0.717, 1.165) is 72.4 Å². The molecule has 1 aliphatic carbocycles. The predicted molar refractivity (Wildman–Crippen MR) is 130 cm³/mol. The molecule has 2 N–H and O–H groups in total. The van der Waals surface area contributed by atoms with Crippen LogP contribution in [0, 0.1) is 0 Å². The molecule has 1 aliphatic heterocycles. The number of nitrogens with zero attached hydrogens (tertiary/aromatic N) is 4. The summed E-state index contributed by atoms with van der Waals surface area (Å²) < 4.78 is 5.50. The van der Waals surface area contributed by atoms with Gasteiger partial charge in [-0.3, -0.25) is 0 Å². The van der Waals surface area contributed by atoms with Gasteiger partial charge in [-0.05, 0) is 51.2 Å². The van der Waals surface area contributed by atoms with Gasteiger partial charge in [-0.2, -0.15) is 11.8 Å². The SMILES string of the molecule is CN(C)CCNC(=O)Nc1ccc(-c2nc(CSC3CC3)cc(N3CCOCC3)n2)cc1. The Balaban J connectivity index is 1.45. The van der Waals surface area contributed by atoms with Crippen LogP contribution in [0.3, 0.4) is 0 Å². The molecule has 0 atom stereocenters. The van der Waals surface area contributed by atoms with Gasteiger partial charge in [0.15, 0.2) is 5.82 Å². The van der Waals surface area contributed by atoms with E-state index >= 15 is 0 Å². The van der Waals surface area contributed by atoms with E-state index in [2.05, 4.69) is 21.6 Å². The fourth-order valence-electron chi connectivity index (χ4n) is 3.35. The van der Waals surface area contributed by atoms with Crippen molar-refractivity contribution in [2.75, 3.05) is 63.7 Å².